The van der Waals surface area contributed by atoms with Crippen LogP contribution < -0.4 is 5.32 Å². The molecule has 1 aromatic rings. The van der Waals surface area contributed by atoms with Crippen LogP contribution in [0.4, 0.5) is 5.69 Å². The summed E-state index contributed by atoms with van der Waals surface area (Å²) in [4.78, 5) is 0. The average molecular weight is 197 g/mol. The lowest BCUT2D eigenvalue weighted by atomic mass is 10.1. The molecule has 1 aromatic heterocycles. The molecule has 80 valence electrons. The van der Waals surface area contributed by atoms with E-state index >= 15 is 0 Å². The van der Waals surface area contributed by atoms with Crippen LogP contribution in [-0.2, 0) is 7.05 Å². The Morgan fingerprint density at radius 1 is 1.50 bits per heavy atom. The van der Waals surface area contributed by atoms with E-state index in [1.807, 2.05) is 13.2 Å². The normalized spacial score (nSPS) is 13.3. The van der Waals surface area contributed by atoms with Crippen molar-refractivity contribution in [3.05, 3.63) is 11.9 Å². The first kappa shape index (κ1) is 11.0. The SMILES string of the molecule is CC(C)c1nn(C)cc1NC[C@@H](C)O. The Bertz CT molecular complexity index is 292. The second kappa shape index (κ2) is 4.46. The molecule has 1 atom stereocenters. The average Bonchev–Trinajstić information content (AvgIpc) is 2.43. The fourth-order valence-electron chi connectivity index (χ4n) is 1.33. The Morgan fingerprint density at radius 3 is 2.64 bits per heavy atom. The van der Waals surface area contributed by atoms with Crippen LogP contribution in [0.3, 0.4) is 0 Å². The maximum absolute atomic E-state index is 9.16. The zero-order chi connectivity index (χ0) is 10.7. The molecule has 0 aliphatic carbocycles. The van der Waals surface area contributed by atoms with E-state index in [1.165, 1.54) is 0 Å². The quantitative estimate of drug-likeness (QED) is 0.765. The van der Waals surface area contributed by atoms with Crippen LogP contribution in [0, 0.1) is 0 Å². The van der Waals surface area contributed by atoms with E-state index in [2.05, 4.69) is 24.3 Å². The third kappa shape index (κ3) is 2.73. The van der Waals surface area contributed by atoms with Gasteiger partial charge in [0.05, 0.1) is 17.5 Å². The molecule has 0 aliphatic rings. The summed E-state index contributed by atoms with van der Waals surface area (Å²) >= 11 is 0. The number of anilines is 1. The molecule has 1 rings (SSSR count). The fraction of sp³-hybridized carbons (Fsp3) is 0.700. The van der Waals surface area contributed by atoms with Gasteiger partial charge >= 0.3 is 0 Å². The summed E-state index contributed by atoms with van der Waals surface area (Å²) in [6, 6.07) is 0. The number of rotatable bonds is 4. The first-order valence-corrected chi connectivity index (χ1v) is 4.96. The lowest BCUT2D eigenvalue weighted by molar-refractivity contribution is 0.208. The van der Waals surface area contributed by atoms with E-state index < -0.39 is 0 Å². The summed E-state index contributed by atoms with van der Waals surface area (Å²) in [5.74, 6) is 0.396. The molecular formula is C10H19N3O. The van der Waals surface area contributed by atoms with E-state index in [-0.39, 0.29) is 6.10 Å². The Balaban J connectivity index is 2.74. The van der Waals surface area contributed by atoms with Gasteiger partial charge in [-0.3, -0.25) is 4.68 Å². The van der Waals surface area contributed by atoms with Crippen molar-refractivity contribution >= 4 is 5.69 Å². The highest BCUT2D eigenvalue weighted by Gasteiger charge is 2.11. The van der Waals surface area contributed by atoms with Crippen LogP contribution >= 0.6 is 0 Å². The van der Waals surface area contributed by atoms with Gasteiger partial charge in [0.15, 0.2) is 0 Å². The minimum Gasteiger partial charge on any atom is -0.392 e. The monoisotopic (exact) mass is 197 g/mol. The standard InChI is InChI=1S/C10H19N3O/c1-7(2)10-9(6-13(4)12-10)11-5-8(3)14/h6-8,11,14H,5H2,1-4H3/t8-/m1/s1. The second-order valence-electron chi connectivity index (χ2n) is 3.99. The van der Waals surface area contributed by atoms with Gasteiger partial charge in [0.2, 0.25) is 0 Å². The molecule has 4 nitrogen and oxygen atoms in total. The number of nitrogens with zero attached hydrogens (tertiary/aromatic N) is 2. The van der Waals surface area contributed by atoms with E-state index in [9.17, 15) is 0 Å². The first-order valence-electron chi connectivity index (χ1n) is 4.96. The van der Waals surface area contributed by atoms with Gasteiger partial charge in [0.1, 0.15) is 0 Å². The van der Waals surface area contributed by atoms with Gasteiger partial charge in [-0.25, -0.2) is 0 Å². The van der Waals surface area contributed by atoms with Crippen molar-refractivity contribution in [1.29, 1.82) is 0 Å². The first-order chi connectivity index (χ1) is 6.50. The Labute approximate surface area is 84.9 Å². The summed E-state index contributed by atoms with van der Waals surface area (Å²) in [7, 11) is 1.90. The molecule has 0 fully saturated rings. The molecule has 0 radical (unpaired) electrons. The molecule has 14 heavy (non-hydrogen) atoms. The van der Waals surface area contributed by atoms with Crippen molar-refractivity contribution in [2.45, 2.75) is 32.8 Å². The molecule has 4 heteroatoms. The number of aliphatic hydroxyl groups excluding tert-OH is 1. The lowest BCUT2D eigenvalue weighted by Gasteiger charge is -2.09. The second-order valence-corrected chi connectivity index (χ2v) is 3.99. The number of hydrogen-bond acceptors (Lipinski definition) is 3. The van der Waals surface area contributed by atoms with Crippen molar-refractivity contribution in [2.75, 3.05) is 11.9 Å². The molecule has 0 spiro atoms. The van der Waals surface area contributed by atoms with Crippen molar-refractivity contribution < 1.29 is 5.11 Å². The van der Waals surface area contributed by atoms with Crippen LogP contribution in [0.25, 0.3) is 0 Å². The smallest absolute Gasteiger partial charge is 0.0881 e. The van der Waals surface area contributed by atoms with Crippen LogP contribution in [0.15, 0.2) is 6.20 Å². The zero-order valence-corrected chi connectivity index (χ0v) is 9.28. The number of aliphatic hydroxyl groups is 1. The van der Waals surface area contributed by atoms with E-state index in [1.54, 1.807) is 11.6 Å². The predicted molar refractivity (Wildman–Crippen MR) is 57.5 cm³/mol. The Morgan fingerprint density at radius 2 is 2.14 bits per heavy atom. The third-order valence-electron chi connectivity index (χ3n) is 1.99. The van der Waals surface area contributed by atoms with E-state index in [0.29, 0.717) is 12.5 Å². The highest BCUT2D eigenvalue weighted by molar-refractivity contribution is 5.47. The van der Waals surface area contributed by atoms with E-state index in [4.69, 9.17) is 5.11 Å². The molecule has 0 unspecified atom stereocenters. The van der Waals surface area contributed by atoms with Gasteiger partial charge in [0.25, 0.3) is 0 Å². The zero-order valence-electron chi connectivity index (χ0n) is 9.28. The minimum atomic E-state index is -0.338. The topological polar surface area (TPSA) is 50.1 Å². The van der Waals surface area contributed by atoms with Gasteiger partial charge in [-0.15, -0.1) is 0 Å². The summed E-state index contributed by atoms with van der Waals surface area (Å²) in [6.07, 6.45) is 1.60. The molecule has 0 amide bonds. The van der Waals surface area contributed by atoms with Crippen molar-refractivity contribution in [1.82, 2.24) is 9.78 Å². The molecular weight excluding hydrogens is 178 g/mol. The fourth-order valence-corrected chi connectivity index (χ4v) is 1.33. The molecule has 1 heterocycles. The lowest BCUT2D eigenvalue weighted by Crippen LogP contribution is -2.15. The number of aryl methyl sites for hydroxylation is 1. The Hall–Kier alpha value is -1.03. The van der Waals surface area contributed by atoms with Gasteiger partial charge in [-0.05, 0) is 12.8 Å². The molecule has 0 bridgehead atoms. The van der Waals surface area contributed by atoms with Crippen LogP contribution in [0.1, 0.15) is 32.4 Å². The van der Waals surface area contributed by atoms with Crippen molar-refractivity contribution in [3.63, 3.8) is 0 Å². The maximum Gasteiger partial charge on any atom is 0.0881 e. The summed E-state index contributed by atoms with van der Waals surface area (Å²) < 4.78 is 1.79. The molecule has 0 saturated carbocycles. The van der Waals surface area contributed by atoms with Crippen LogP contribution in [0.2, 0.25) is 0 Å². The number of aromatic nitrogens is 2. The molecule has 0 aliphatic heterocycles. The largest absolute Gasteiger partial charge is 0.392 e. The van der Waals surface area contributed by atoms with Gasteiger partial charge < -0.3 is 10.4 Å². The highest BCUT2D eigenvalue weighted by Crippen LogP contribution is 2.21. The summed E-state index contributed by atoms with van der Waals surface area (Å²) in [6.45, 7) is 6.54. The predicted octanol–water partition coefficient (Wildman–Crippen LogP) is 1.34. The van der Waals surface area contributed by atoms with Crippen molar-refractivity contribution in [3.8, 4) is 0 Å². The number of hydrogen-bond donors (Lipinski definition) is 2. The summed E-state index contributed by atoms with van der Waals surface area (Å²) in [5.41, 5.74) is 2.07. The molecule has 2 N–H and O–H groups in total. The highest BCUT2D eigenvalue weighted by atomic mass is 16.3. The maximum atomic E-state index is 9.16. The van der Waals surface area contributed by atoms with E-state index in [0.717, 1.165) is 11.4 Å². The number of nitrogens with one attached hydrogen (secondary N) is 1. The Kier molecular flexibility index (Phi) is 3.52. The molecule has 0 saturated heterocycles. The third-order valence-corrected chi connectivity index (χ3v) is 1.99. The minimum absolute atomic E-state index is 0.338. The van der Waals surface area contributed by atoms with Gasteiger partial charge in [-0.2, -0.15) is 5.10 Å². The van der Waals surface area contributed by atoms with Crippen molar-refractivity contribution in [2.24, 2.45) is 7.05 Å². The summed E-state index contributed by atoms with van der Waals surface area (Å²) in [5, 5.41) is 16.7. The van der Waals surface area contributed by atoms with Crippen LogP contribution in [0.5, 0.6) is 0 Å². The molecule has 0 aromatic carbocycles. The van der Waals surface area contributed by atoms with Gasteiger partial charge in [0, 0.05) is 19.8 Å². The van der Waals surface area contributed by atoms with Gasteiger partial charge in [-0.1, -0.05) is 13.8 Å². The van der Waals surface area contributed by atoms with Crippen LogP contribution in [-0.4, -0.2) is 27.5 Å².